The second-order valence-corrected chi connectivity index (χ2v) is 6.13. The summed E-state index contributed by atoms with van der Waals surface area (Å²) in [7, 11) is 0. The molecule has 0 radical (unpaired) electrons. The number of aryl methyl sites for hydroxylation is 1. The Morgan fingerprint density at radius 3 is 2.64 bits per heavy atom. The highest BCUT2D eigenvalue weighted by Gasteiger charge is 2.31. The standard InChI is InChI=1S/C19H16F3N3/c1-12-5-2-3-8-15(12)17-16-9-10-23-18(16)25(24-17)14-7-4-6-13(11-14)19(20,21)22/h2-8,11,23H,9-10H2,1H3. The van der Waals surface area contributed by atoms with E-state index in [-0.39, 0.29) is 0 Å². The van der Waals surface area contributed by atoms with Crippen molar-refractivity contribution in [1.82, 2.24) is 9.78 Å². The molecule has 2 aromatic carbocycles. The number of fused-ring (bicyclic) bond motifs is 1. The van der Waals surface area contributed by atoms with Gasteiger partial charge in [-0.2, -0.15) is 18.3 Å². The molecule has 1 aliphatic rings. The first-order chi connectivity index (χ1) is 11.9. The smallest absolute Gasteiger partial charge is 0.369 e. The summed E-state index contributed by atoms with van der Waals surface area (Å²) in [6.07, 6.45) is -3.57. The number of alkyl halides is 3. The molecule has 0 fully saturated rings. The van der Waals surface area contributed by atoms with Gasteiger partial charge in [0.15, 0.2) is 0 Å². The van der Waals surface area contributed by atoms with Gasteiger partial charge < -0.3 is 5.32 Å². The van der Waals surface area contributed by atoms with Gasteiger partial charge in [0.25, 0.3) is 0 Å². The molecule has 0 bridgehead atoms. The van der Waals surface area contributed by atoms with Crippen LogP contribution in [0.2, 0.25) is 0 Å². The fraction of sp³-hybridized carbons (Fsp3) is 0.211. The van der Waals surface area contributed by atoms with Gasteiger partial charge in [0, 0.05) is 17.7 Å². The van der Waals surface area contributed by atoms with Gasteiger partial charge in [0.1, 0.15) is 5.82 Å². The first kappa shape index (κ1) is 15.7. The van der Waals surface area contributed by atoms with Crippen LogP contribution in [0.15, 0.2) is 48.5 Å². The Labute approximate surface area is 143 Å². The minimum atomic E-state index is -4.38. The van der Waals surface area contributed by atoms with E-state index >= 15 is 0 Å². The Morgan fingerprint density at radius 1 is 1.08 bits per heavy atom. The normalized spacial score (nSPS) is 13.6. The fourth-order valence-electron chi connectivity index (χ4n) is 3.23. The maximum Gasteiger partial charge on any atom is 0.416 e. The van der Waals surface area contributed by atoms with Crippen LogP contribution in [0.3, 0.4) is 0 Å². The highest BCUT2D eigenvalue weighted by molar-refractivity contribution is 5.74. The van der Waals surface area contributed by atoms with E-state index in [1.807, 2.05) is 31.2 Å². The van der Waals surface area contributed by atoms with Crippen LogP contribution in [0.4, 0.5) is 19.0 Å². The summed E-state index contributed by atoms with van der Waals surface area (Å²) < 4.78 is 40.7. The molecule has 0 spiro atoms. The number of hydrogen-bond donors (Lipinski definition) is 1. The van der Waals surface area contributed by atoms with Crippen LogP contribution in [0.1, 0.15) is 16.7 Å². The quantitative estimate of drug-likeness (QED) is 0.722. The monoisotopic (exact) mass is 343 g/mol. The van der Waals surface area contributed by atoms with Crippen molar-refractivity contribution in [3.05, 3.63) is 65.2 Å². The van der Waals surface area contributed by atoms with E-state index in [0.29, 0.717) is 5.69 Å². The molecule has 2 heterocycles. The maximum absolute atomic E-state index is 13.0. The van der Waals surface area contributed by atoms with Crippen LogP contribution < -0.4 is 5.32 Å². The van der Waals surface area contributed by atoms with Crippen LogP contribution in [-0.4, -0.2) is 16.3 Å². The number of aromatic nitrogens is 2. The van der Waals surface area contributed by atoms with E-state index in [9.17, 15) is 13.2 Å². The van der Waals surface area contributed by atoms with Gasteiger partial charge in [0.05, 0.1) is 16.9 Å². The molecular weight excluding hydrogens is 327 g/mol. The number of nitrogens with zero attached hydrogens (tertiary/aromatic N) is 2. The highest BCUT2D eigenvalue weighted by atomic mass is 19.4. The predicted molar refractivity (Wildman–Crippen MR) is 90.9 cm³/mol. The fourth-order valence-corrected chi connectivity index (χ4v) is 3.23. The van der Waals surface area contributed by atoms with Crippen LogP contribution in [0.25, 0.3) is 16.9 Å². The molecule has 4 rings (SSSR count). The summed E-state index contributed by atoms with van der Waals surface area (Å²) in [5.74, 6) is 0.776. The van der Waals surface area contributed by atoms with E-state index < -0.39 is 11.7 Å². The summed E-state index contributed by atoms with van der Waals surface area (Å²) in [5, 5.41) is 7.90. The molecule has 0 saturated heterocycles. The average molecular weight is 343 g/mol. The summed E-state index contributed by atoms with van der Waals surface area (Å²) in [6, 6.07) is 13.2. The van der Waals surface area contributed by atoms with Crippen LogP contribution in [0.5, 0.6) is 0 Å². The molecule has 0 amide bonds. The first-order valence-corrected chi connectivity index (χ1v) is 8.04. The zero-order valence-corrected chi connectivity index (χ0v) is 13.6. The molecule has 3 nitrogen and oxygen atoms in total. The Bertz CT molecular complexity index is 941. The first-order valence-electron chi connectivity index (χ1n) is 8.04. The molecule has 0 atom stereocenters. The zero-order chi connectivity index (χ0) is 17.6. The summed E-state index contributed by atoms with van der Waals surface area (Å²) in [6.45, 7) is 2.76. The molecule has 25 heavy (non-hydrogen) atoms. The lowest BCUT2D eigenvalue weighted by Crippen LogP contribution is -2.08. The molecule has 3 aromatic rings. The van der Waals surface area contributed by atoms with Crippen molar-refractivity contribution in [2.75, 3.05) is 11.9 Å². The van der Waals surface area contributed by atoms with Crippen molar-refractivity contribution in [2.24, 2.45) is 0 Å². The largest absolute Gasteiger partial charge is 0.416 e. The topological polar surface area (TPSA) is 29.9 Å². The average Bonchev–Trinajstić information content (AvgIpc) is 3.17. The van der Waals surface area contributed by atoms with Gasteiger partial charge in [0.2, 0.25) is 0 Å². The minimum Gasteiger partial charge on any atom is -0.369 e. The summed E-state index contributed by atoms with van der Waals surface area (Å²) >= 11 is 0. The molecule has 1 N–H and O–H groups in total. The summed E-state index contributed by atoms with van der Waals surface area (Å²) in [4.78, 5) is 0. The molecule has 128 valence electrons. The van der Waals surface area contributed by atoms with Crippen molar-refractivity contribution in [3.8, 4) is 16.9 Å². The molecule has 0 unspecified atom stereocenters. The number of rotatable bonds is 2. The Morgan fingerprint density at radius 2 is 1.88 bits per heavy atom. The lowest BCUT2D eigenvalue weighted by atomic mass is 10.0. The summed E-state index contributed by atoms with van der Waals surface area (Å²) in [5.41, 5.74) is 3.70. The zero-order valence-electron chi connectivity index (χ0n) is 13.6. The van der Waals surface area contributed by atoms with Crippen molar-refractivity contribution >= 4 is 5.82 Å². The lowest BCUT2D eigenvalue weighted by molar-refractivity contribution is -0.137. The number of benzene rings is 2. The van der Waals surface area contributed by atoms with Crippen molar-refractivity contribution in [2.45, 2.75) is 19.5 Å². The number of anilines is 1. The third-order valence-electron chi connectivity index (χ3n) is 4.47. The van der Waals surface area contributed by atoms with Crippen molar-refractivity contribution in [3.63, 3.8) is 0 Å². The second-order valence-electron chi connectivity index (χ2n) is 6.13. The molecular formula is C19H16F3N3. The highest BCUT2D eigenvalue weighted by Crippen LogP contribution is 2.37. The lowest BCUT2D eigenvalue weighted by Gasteiger charge is -2.10. The Hall–Kier alpha value is -2.76. The van der Waals surface area contributed by atoms with E-state index in [0.717, 1.165) is 53.3 Å². The van der Waals surface area contributed by atoms with Gasteiger partial charge in [-0.15, -0.1) is 0 Å². The third-order valence-corrected chi connectivity index (χ3v) is 4.47. The van der Waals surface area contributed by atoms with E-state index in [4.69, 9.17) is 0 Å². The predicted octanol–water partition coefficient (Wildman–Crippen LogP) is 4.83. The minimum absolute atomic E-state index is 0.403. The number of nitrogens with one attached hydrogen (secondary N) is 1. The second kappa shape index (κ2) is 5.65. The maximum atomic E-state index is 13.0. The molecule has 6 heteroatoms. The molecule has 1 aliphatic heterocycles. The van der Waals surface area contributed by atoms with Crippen LogP contribution >= 0.6 is 0 Å². The van der Waals surface area contributed by atoms with Gasteiger partial charge in [-0.1, -0.05) is 30.3 Å². The Kier molecular flexibility index (Phi) is 3.56. The van der Waals surface area contributed by atoms with Crippen LogP contribution in [-0.2, 0) is 12.6 Å². The van der Waals surface area contributed by atoms with Crippen LogP contribution in [0, 0.1) is 6.92 Å². The van der Waals surface area contributed by atoms with E-state index in [2.05, 4.69) is 10.4 Å². The van der Waals surface area contributed by atoms with Gasteiger partial charge >= 0.3 is 6.18 Å². The third kappa shape index (κ3) is 2.67. The van der Waals surface area contributed by atoms with Gasteiger partial charge in [-0.05, 0) is 37.1 Å². The number of hydrogen-bond acceptors (Lipinski definition) is 2. The SMILES string of the molecule is Cc1ccccc1-c1nn(-c2cccc(C(F)(F)F)c2)c2c1CCN2. The Balaban J connectivity index is 1.88. The van der Waals surface area contributed by atoms with Gasteiger partial charge in [-0.3, -0.25) is 0 Å². The van der Waals surface area contributed by atoms with Gasteiger partial charge in [-0.25, -0.2) is 4.68 Å². The molecule has 0 aliphatic carbocycles. The number of halogens is 3. The molecule has 1 aromatic heterocycles. The van der Waals surface area contributed by atoms with Crippen molar-refractivity contribution < 1.29 is 13.2 Å². The van der Waals surface area contributed by atoms with E-state index in [1.54, 1.807) is 10.7 Å². The molecule has 0 saturated carbocycles. The van der Waals surface area contributed by atoms with Crippen molar-refractivity contribution in [1.29, 1.82) is 0 Å². The van der Waals surface area contributed by atoms with E-state index in [1.165, 1.54) is 6.07 Å².